The van der Waals surface area contributed by atoms with E-state index in [0.29, 0.717) is 27.8 Å². The first kappa shape index (κ1) is 51.6. The zero-order chi connectivity index (χ0) is 52.0. The Balaban J connectivity index is 1.16. The van der Waals surface area contributed by atoms with Crippen molar-refractivity contribution in [3.05, 3.63) is 214 Å². The number of nitrogens with one attached hydrogen (secondary N) is 2. The molecule has 5 aromatic carbocycles. The summed E-state index contributed by atoms with van der Waals surface area (Å²) in [5.41, 5.74) is -6.19. The molecule has 2 aliphatic heterocycles. The number of ether oxygens (including phenoxy) is 2. The number of halogens is 3. The van der Waals surface area contributed by atoms with E-state index in [-0.39, 0.29) is 28.4 Å². The number of rotatable bonds is 16. The predicted octanol–water partition coefficient (Wildman–Crippen LogP) is 9.57. The summed E-state index contributed by atoms with van der Waals surface area (Å²) < 4.78 is 78.9. The van der Waals surface area contributed by atoms with E-state index in [4.69, 9.17) is 14.3 Å². The minimum absolute atomic E-state index is 0.0316. The highest BCUT2D eigenvalue weighted by Gasteiger charge is 2.55. The molecule has 8 rings (SSSR count). The van der Waals surface area contributed by atoms with E-state index < -0.39 is 79.6 Å². The number of aromatic nitrogens is 1. The van der Waals surface area contributed by atoms with Crippen LogP contribution < -0.4 is 10.6 Å². The van der Waals surface area contributed by atoms with Crippen LogP contribution in [0.2, 0.25) is 0 Å². The first-order valence-electron chi connectivity index (χ1n) is 22.2. The maximum atomic E-state index is 14.8. The lowest BCUT2D eigenvalue weighted by atomic mass is 9.80. The van der Waals surface area contributed by atoms with Gasteiger partial charge in [0.1, 0.15) is 34.7 Å². The second kappa shape index (κ2) is 21.5. The Morgan fingerprint density at radius 2 is 1.30 bits per heavy atom. The molecule has 0 bridgehead atoms. The molecule has 0 spiro atoms. The molecule has 2 aliphatic rings. The topological polar surface area (TPSA) is 192 Å². The van der Waals surface area contributed by atoms with Crippen molar-refractivity contribution in [1.29, 1.82) is 0 Å². The largest absolute Gasteiger partial charge is 0.534 e. The lowest BCUT2D eigenvalue weighted by Gasteiger charge is -2.49. The summed E-state index contributed by atoms with van der Waals surface area (Å²) in [6.45, 7) is 5.05. The number of anilines is 1. The number of carbonyl (C=O) groups is 4. The summed E-state index contributed by atoms with van der Waals surface area (Å²) in [5.74, 6) is -3.11. The number of esters is 1. The molecule has 376 valence electrons. The Morgan fingerprint density at radius 3 is 1.79 bits per heavy atom. The fourth-order valence-electron chi connectivity index (χ4n) is 7.78. The van der Waals surface area contributed by atoms with E-state index in [9.17, 15) is 40.8 Å². The van der Waals surface area contributed by atoms with Gasteiger partial charge in [-0.05, 0) is 43.5 Å². The van der Waals surface area contributed by atoms with Crippen LogP contribution in [0.25, 0.3) is 0 Å². The van der Waals surface area contributed by atoms with Crippen LogP contribution in [0.5, 0.6) is 0 Å². The molecule has 3 heterocycles. The molecule has 1 saturated heterocycles. The smallest absolute Gasteiger partial charge is 0.448 e. The van der Waals surface area contributed by atoms with Gasteiger partial charge >= 0.3 is 27.7 Å². The highest BCUT2D eigenvalue weighted by atomic mass is 32.2. The molecule has 0 unspecified atom stereocenters. The zero-order valence-electron chi connectivity index (χ0n) is 38.9. The van der Waals surface area contributed by atoms with E-state index in [1.807, 2.05) is 91.0 Å². The van der Waals surface area contributed by atoms with Gasteiger partial charge in [0.15, 0.2) is 16.9 Å². The van der Waals surface area contributed by atoms with Crippen molar-refractivity contribution in [3.63, 3.8) is 0 Å². The van der Waals surface area contributed by atoms with Crippen molar-refractivity contribution < 1.29 is 59.3 Å². The van der Waals surface area contributed by atoms with E-state index in [0.717, 1.165) is 34.1 Å². The van der Waals surface area contributed by atoms with Crippen molar-refractivity contribution in [1.82, 2.24) is 15.2 Å². The molecule has 0 saturated carbocycles. The Hall–Kier alpha value is -7.75. The lowest BCUT2D eigenvalue weighted by Crippen LogP contribution is -2.71. The van der Waals surface area contributed by atoms with Gasteiger partial charge in [0, 0.05) is 27.8 Å². The van der Waals surface area contributed by atoms with Crippen molar-refractivity contribution in [3.8, 4) is 0 Å². The Morgan fingerprint density at radius 1 is 0.795 bits per heavy atom. The Kier molecular flexibility index (Phi) is 15.2. The number of benzene rings is 5. The lowest BCUT2D eigenvalue weighted by molar-refractivity contribution is -0.154. The van der Waals surface area contributed by atoms with Crippen LogP contribution in [0.1, 0.15) is 60.4 Å². The molecule has 6 aromatic rings. The van der Waals surface area contributed by atoms with Crippen LogP contribution >= 0.6 is 23.1 Å². The number of β-lactam (4-membered cyclic amide) rings is 1. The minimum atomic E-state index is -6.09. The predicted molar refractivity (Wildman–Crippen MR) is 267 cm³/mol. The molecule has 15 nitrogen and oxygen atoms in total. The summed E-state index contributed by atoms with van der Waals surface area (Å²) in [6, 6.07) is 43.3. The number of hydrogen-bond donors (Lipinski definition) is 2. The van der Waals surface area contributed by atoms with Gasteiger partial charge in [-0.15, -0.1) is 23.1 Å². The summed E-state index contributed by atoms with van der Waals surface area (Å²) in [4.78, 5) is 68.8. The van der Waals surface area contributed by atoms with Crippen molar-refractivity contribution in [2.75, 3.05) is 11.1 Å². The standard InChI is InChI=1S/C52H44F3N5O10S3/c1-50(2,3)69-49(64)58-48-56-39(32-72-48)40(59-70-51(36-23-13-6-14-24-36,37-25-15-7-16-26-37)38-27-17-8-18-28-38)44(61)57-41-45(62)60-42(35(31-71-46(41)60)29-30-67-73(65,66)52(53,54)55)47(63)68-43(33-19-9-4-10-20-33)34-21-11-5-12-22-34/h4-30,32,41,43,46H,31H2,1-3H3,(H,57,61)(H,56,58,64)/b30-29+,59-40-/t41-,46-/m1/s1. The van der Waals surface area contributed by atoms with E-state index in [1.54, 1.807) is 81.4 Å². The maximum Gasteiger partial charge on any atom is 0.534 e. The van der Waals surface area contributed by atoms with Crippen LogP contribution in [0.4, 0.5) is 23.1 Å². The number of alkyl halides is 3. The summed E-state index contributed by atoms with van der Waals surface area (Å²) in [5, 5.41) is 10.3. The van der Waals surface area contributed by atoms with Crippen LogP contribution in [0.15, 0.2) is 186 Å². The molecule has 73 heavy (non-hydrogen) atoms. The van der Waals surface area contributed by atoms with Crippen LogP contribution in [0, 0.1) is 0 Å². The summed E-state index contributed by atoms with van der Waals surface area (Å²) in [7, 11) is -6.09. The Bertz CT molecular complexity index is 3040. The number of hydrogen-bond acceptors (Lipinski definition) is 14. The first-order chi connectivity index (χ1) is 34.9. The van der Waals surface area contributed by atoms with Crippen LogP contribution in [-0.4, -0.2) is 76.2 Å². The molecule has 2 atom stereocenters. The van der Waals surface area contributed by atoms with Gasteiger partial charge in [-0.25, -0.2) is 14.6 Å². The van der Waals surface area contributed by atoms with E-state index >= 15 is 0 Å². The van der Waals surface area contributed by atoms with Gasteiger partial charge in [-0.2, -0.15) is 21.6 Å². The summed E-state index contributed by atoms with van der Waals surface area (Å²) >= 11 is 1.95. The number of allylic oxidation sites excluding steroid dienone is 1. The average molecular weight is 1050 g/mol. The Labute approximate surface area is 425 Å². The highest BCUT2D eigenvalue weighted by molar-refractivity contribution is 8.00. The van der Waals surface area contributed by atoms with Gasteiger partial charge in [-0.1, -0.05) is 157 Å². The molecular formula is C52H44F3N5O10S3. The number of nitrogens with zero attached hydrogens (tertiary/aromatic N) is 3. The number of thiazole rings is 1. The second-order valence-electron chi connectivity index (χ2n) is 17.1. The fraction of sp³-hybridized carbons (Fsp3) is 0.192. The average Bonchev–Trinajstić information content (AvgIpc) is 3.83. The third-order valence-electron chi connectivity index (χ3n) is 11.0. The third kappa shape index (κ3) is 11.5. The molecule has 0 aliphatic carbocycles. The van der Waals surface area contributed by atoms with E-state index in [1.165, 1.54) is 5.38 Å². The van der Waals surface area contributed by atoms with Gasteiger partial charge in [0.05, 0.1) is 0 Å². The van der Waals surface area contributed by atoms with Gasteiger partial charge in [-0.3, -0.25) is 19.8 Å². The number of oxime groups is 1. The monoisotopic (exact) mass is 1050 g/mol. The quantitative estimate of drug-likeness (QED) is 0.0137. The van der Waals surface area contributed by atoms with Crippen molar-refractivity contribution in [2.45, 2.75) is 55.0 Å². The van der Waals surface area contributed by atoms with Crippen LogP contribution in [0.3, 0.4) is 0 Å². The third-order valence-corrected chi connectivity index (χ3v) is 14.0. The van der Waals surface area contributed by atoms with Gasteiger partial charge in [0.2, 0.25) is 5.60 Å². The minimum Gasteiger partial charge on any atom is -0.448 e. The van der Waals surface area contributed by atoms with Crippen molar-refractivity contribution in [2.24, 2.45) is 5.16 Å². The number of thioether (sulfide) groups is 1. The molecular weight excluding hydrogens is 1010 g/mol. The number of carbonyl (C=O) groups excluding carboxylic acids is 4. The van der Waals surface area contributed by atoms with Crippen LogP contribution in [-0.2, 0) is 48.6 Å². The van der Waals surface area contributed by atoms with Gasteiger partial charge < -0.3 is 23.8 Å². The molecule has 0 radical (unpaired) electrons. The molecule has 2 N–H and O–H groups in total. The fourth-order valence-corrected chi connectivity index (χ4v) is 10.1. The van der Waals surface area contributed by atoms with E-state index in [2.05, 4.69) is 25.0 Å². The second-order valence-corrected chi connectivity index (χ2v) is 20.6. The highest BCUT2D eigenvalue weighted by Crippen LogP contribution is 2.43. The molecule has 3 amide bonds. The SMILES string of the molecule is CC(C)(C)OC(=O)Nc1nc(/C(=N/OC(c2ccccc2)(c2ccccc2)c2ccccc2)C(=O)N[C@@H]2C(=O)N3C(C(=O)OC(c4ccccc4)c4ccccc4)=C(/C=C/OS(=O)(=O)C(F)(F)F)CS[C@H]23)cs1. The normalized spacial score (nSPS) is 16.3. The number of amides is 3. The number of fused-ring (bicyclic) bond motifs is 1. The maximum absolute atomic E-state index is 14.8. The molecule has 1 aromatic heterocycles. The summed E-state index contributed by atoms with van der Waals surface area (Å²) in [6.07, 6.45) is -0.781. The molecule has 1 fully saturated rings. The van der Waals surface area contributed by atoms with Crippen molar-refractivity contribution >= 4 is 67.9 Å². The molecule has 21 heteroatoms. The van der Waals surface area contributed by atoms with Gasteiger partial charge in [0.25, 0.3) is 11.8 Å². The zero-order valence-corrected chi connectivity index (χ0v) is 41.3. The first-order valence-corrected chi connectivity index (χ1v) is 25.5.